The van der Waals surface area contributed by atoms with Gasteiger partial charge in [-0.15, -0.1) is 0 Å². The highest BCUT2D eigenvalue weighted by Crippen LogP contribution is 2.18. The van der Waals surface area contributed by atoms with E-state index in [0.717, 1.165) is 21.6 Å². The molecule has 4 heteroatoms. The van der Waals surface area contributed by atoms with Crippen LogP contribution in [0.1, 0.15) is 25.2 Å². The van der Waals surface area contributed by atoms with Crippen molar-refractivity contribution in [1.29, 1.82) is 0 Å². The molecule has 1 rings (SSSR count). The maximum atomic E-state index is 5.64. The SMILES string of the molecule is C=C(Br)COc1ccc(C)nc1CNC(C)C. The molecule has 1 N–H and O–H groups in total. The molecule has 0 spiro atoms. The van der Waals surface area contributed by atoms with E-state index in [-0.39, 0.29) is 0 Å². The quantitative estimate of drug-likeness (QED) is 0.876. The van der Waals surface area contributed by atoms with Crippen LogP contribution in [0.15, 0.2) is 23.2 Å². The van der Waals surface area contributed by atoms with Gasteiger partial charge in [0, 0.05) is 22.8 Å². The van der Waals surface area contributed by atoms with Crippen LogP contribution in [-0.4, -0.2) is 17.6 Å². The predicted octanol–water partition coefficient (Wildman–Crippen LogP) is 3.18. The Morgan fingerprint density at radius 1 is 1.53 bits per heavy atom. The minimum Gasteiger partial charge on any atom is -0.486 e. The van der Waals surface area contributed by atoms with Crippen molar-refractivity contribution < 1.29 is 4.74 Å². The molecular formula is C13H19BrN2O. The third-order valence-corrected chi connectivity index (χ3v) is 2.36. The maximum Gasteiger partial charge on any atom is 0.142 e. The number of pyridine rings is 1. The molecule has 0 aliphatic rings. The lowest BCUT2D eigenvalue weighted by molar-refractivity contribution is 0.352. The topological polar surface area (TPSA) is 34.1 Å². The van der Waals surface area contributed by atoms with Crippen molar-refractivity contribution >= 4 is 15.9 Å². The molecule has 0 atom stereocenters. The van der Waals surface area contributed by atoms with Gasteiger partial charge in [-0.2, -0.15) is 0 Å². The van der Waals surface area contributed by atoms with E-state index in [1.54, 1.807) is 0 Å². The van der Waals surface area contributed by atoms with Crippen LogP contribution in [0.4, 0.5) is 0 Å². The van der Waals surface area contributed by atoms with Gasteiger partial charge in [-0.1, -0.05) is 36.4 Å². The third-order valence-electron chi connectivity index (χ3n) is 2.13. The van der Waals surface area contributed by atoms with Crippen molar-refractivity contribution in [2.75, 3.05) is 6.61 Å². The molecule has 0 unspecified atom stereocenters. The second-order valence-electron chi connectivity index (χ2n) is 4.24. The number of rotatable bonds is 6. The van der Waals surface area contributed by atoms with Gasteiger partial charge in [0.15, 0.2) is 0 Å². The second-order valence-corrected chi connectivity index (χ2v) is 5.36. The third kappa shape index (κ3) is 5.33. The first kappa shape index (κ1) is 14.2. The zero-order valence-corrected chi connectivity index (χ0v) is 12.2. The van der Waals surface area contributed by atoms with Crippen LogP contribution in [0.2, 0.25) is 0 Å². The molecule has 0 bridgehead atoms. The lowest BCUT2D eigenvalue weighted by Crippen LogP contribution is -2.23. The van der Waals surface area contributed by atoms with E-state index in [9.17, 15) is 0 Å². The van der Waals surface area contributed by atoms with Crippen molar-refractivity contribution in [2.45, 2.75) is 33.4 Å². The zero-order chi connectivity index (χ0) is 12.8. The molecule has 0 aromatic carbocycles. The van der Waals surface area contributed by atoms with Gasteiger partial charge < -0.3 is 10.1 Å². The molecule has 0 radical (unpaired) electrons. The van der Waals surface area contributed by atoms with Crippen LogP contribution >= 0.6 is 15.9 Å². The van der Waals surface area contributed by atoms with E-state index in [4.69, 9.17) is 4.74 Å². The molecule has 1 aromatic rings. The lowest BCUT2D eigenvalue weighted by atomic mass is 10.2. The van der Waals surface area contributed by atoms with Crippen LogP contribution in [0.25, 0.3) is 0 Å². The van der Waals surface area contributed by atoms with Crippen LogP contribution in [-0.2, 0) is 6.54 Å². The molecule has 0 amide bonds. The summed E-state index contributed by atoms with van der Waals surface area (Å²) in [6.07, 6.45) is 0. The maximum absolute atomic E-state index is 5.64. The average Bonchev–Trinajstić information content (AvgIpc) is 2.24. The van der Waals surface area contributed by atoms with E-state index < -0.39 is 0 Å². The molecule has 0 saturated heterocycles. The van der Waals surface area contributed by atoms with Gasteiger partial charge in [-0.25, -0.2) is 0 Å². The summed E-state index contributed by atoms with van der Waals surface area (Å²) in [6, 6.07) is 4.33. The summed E-state index contributed by atoms with van der Waals surface area (Å²) in [6.45, 7) is 11.1. The van der Waals surface area contributed by atoms with Crippen molar-refractivity contribution in [3.8, 4) is 5.75 Å². The van der Waals surface area contributed by atoms with Gasteiger partial charge in [0.05, 0.1) is 5.69 Å². The molecule has 0 aliphatic carbocycles. The van der Waals surface area contributed by atoms with Crippen LogP contribution in [0.3, 0.4) is 0 Å². The number of aromatic nitrogens is 1. The molecule has 1 aromatic heterocycles. The predicted molar refractivity (Wildman–Crippen MR) is 74.5 cm³/mol. The summed E-state index contributed by atoms with van der Waals surface area (Å²) in [7, 11) is 0. The number of halogens is 1. The average molecular weight is 299 g/mol. The van der Waals surface area contributed by atoms with Crippen LogP contribution in [0, 0.1) is 6.92 Å². The van der Waals surface area contributed by atoms with Crippen molar-refractivity contribution in [3.63, 3.8) is 0 Å². The first-order valence-corrected chi connectivity index (χ1v) is 6.44. The van der Waals surface area contributed by atoms with E-state index in [0.29, 0.717) is 19.2 Å². The first-order chi connectivity index (χ1) is 7.99. The van der Waals surface area contributed by atoms with E-state index in [1.165, 1.54) is 0 Å². The Labute approximate surface area is 111 Å². The zero-order valence-electron chi connectivity index (χ0n) is 10.6. The number of aryl methyl sites for hydroxylation is 1. The molecular weight excluding hydrogens is 280 g/mol. The van der Waals surface area contributed by atoms with Crippen molar-refractivity contribution in [3.05, 3.63) is 34.6 Å². The van der Waals surface area contributed by atoms with Gasteiger partial charge in [-0.3, -0.25) is 4.98 Å². The minimum absolute atomic E-state index is 0.427. The van der Waals surface area contributed by atoms with E-state index in [2.05, 4.69) is 46.7 Å². The Morgan fingerprint density at radius 3 is 2.82 bits per heavy atom. The molecule has 3 nitrogen and oxygen atoms in total. The normalized spacial score (nSPS) is 10.6. The molecule has 0 fully saturated rings. The van der Waals surface area contributed by atoms with Crippen molar-refractivity contribution in [2.24, 2.45) is 0 Å². The Bertz CT molecular complexity index is 391. The molecule has 0 saturated carbocycles. The lowest BCUT2D eigenvalue weighted by Gasteiger charge is -2.13. The largest absolute Gasteiger partial charge is 0.486 e. The Kier molecular flexibility index (Phi) is 5.65. The van der Waals surface area contributed by atoms with E-state index >= 15 is 0 Å². The number of ether oxygens (including phenoxy) is 1. The second kappa shape index (κ2) is 6.77. The monoisotopic (exact) mass is 298 g/mol. The Morgan fingerprint density at radius 2 is 2.24 bits per heavy atom. The highest BCUT2D eigenvalue weighted by molar-refractivity contribution is 9.11. The fourth-order valence-corrected chi connectivity index (χ4v) is 1.43. The number of nitrogens with one attached hydrogen (secondary N) is 1. The van der Waals surface area contributed by atoms with Gasteiger partial charge in [0.1, 0.15) is 12.4 Å². The van der Waals surface area contributed by atoms with Crippen LogP contribution < -0.4 is 10.1 Å². The van der Waals surface area contributed by atoms with Crippen molar-refractivity contribution in [1.82, 2.24) is 10.3 Å². The molecule has 17 heavy (non-hydrogen) atoms. The van der Waals surface area contributed by atoms with E-state index in [1.807, 2.05) is 19.1 Å². The summed E-state index contributed by atoms with van der Waals surface area (Å²) < 4.78 is 6.46. The van der Waals surface area contributed by atoms with Crippen LogP contribution in [0.5, 0.6) is 5.75 Å². The number of hydrogen-bond acceptors (Lipinski definition) is 3. The standard InChI is InChI=1S/C13H19BrN2O/c1-9(2)15-7-12-13(17-8-10(3)14)6-5-11(4)16-12/h5-6,9,15H,3,7-8H2,1-2,4H3. The highest BCUT2D eigenvalue weighted by Gasteiger charge is 2.06. The molecule has 94 valence electrons. The highest BCUT2D eigenvalue weighted by atomic mass is 79.9. The van der Waals surface area contributed by atoms with Gasteiger partial charge >= 0.3 is 0 Å². The Hall–Kier alpha value is -0.870. The van der Waals surface area contributed by atoms with Gasteiger partial charge in [-0.05, 0) is 19.1 Å². The molecule has 0 aliphatic heterocycles. The number of nitrogens with zero attached hydrogens (tertiary/aromatic N) is 1. The summed E-state index contributed by atoms with van der Waals surface area (Å²) in [4.78, 5) is 4.49. The van der Waals surface area contributed by atoms with Gasteiger partial charge in [0.25, 0.3) is 0 Å². The fourth-order valence-electron chi connectivity index (χ4n) is 1.31. The first-order valence-electron chi connectivity index (χ1n) is 5.65. The summed E-state index contributed by atoms with van der Waals surface area (Å²) in [5.41, 5.74) is 1.93. The summed E-state index contributed by atoms with van der Waals surface area (Å²) >= 11 is 3.28. The number of hydrogen-bond donors (Lipinski definition) is 1. The smallest absolute Gasteiger partial charge is 0.142 e. The Balaban J connectivity index is 2.76. The summed E-state index contributed by atoms with van der Waals surface area (Å²) in [5, 5.41) is 3.34. The fraction of sp³-hybridized carbons (Fsp3) is 0.462. The minimum atomic E-state index is 0.427. The molecule has 1 heterocycles. The summed E-state index contributed by atoms with van der Waals surface area (Å²) in [5.74, 6) is 0.810. The van der Waals surface area contributed by atoms with Gasteiger partial charge in [0.2, 0.25) is 0 Å².